The summed E-state index contributed by atoms with van der Waals surface area (Å²) in [6, 6.07) is 39.3. The molecule has 0 aliphatic heterocycles. The molecule has 0 saturated carbocycles. The fourth-order valence-corrected chi connectivity index (χ4v) is 7.36. The lowest BCUT2D eigenvalue weighted by molar-refractivity contribution is 0.617. The number of hydrogen-bond acceptors (Lipinski definition) is 5. The van der Waals surface area contributed by atoms with E-state index in [2.05, 4.69) is 59.9 Å². The second-order valence-electron chi connectivity index (χ2n) is 13.1. The number of benzene rings is 6. The molecule has 1 aliphatic rings. The normalized spacial score (nSPS) is 12.6. The van der Waals surface area contributed by atoms with Crippen LogP contribution >= 0.6 is 0 Å². The molecule has 238 valence electrons. The van der Waals surface area contributed by atoms with Crippen LogP contribution in [0.15, 0.2) is 124 Å². The maximum atomic E-state index is 10.9. The molecule has 0 saturated heterocycles. The predicted octanol–water partition coefficient (Wildman–Crippen LogP) is 11.9. The van der Waals surface area contributed by atoms with E-state index < -0.39 is 0 Å². The summed E-state index contributed by atoms with van der Waals surface area (Å²) in [6.45, 7) is 20.8. The van der Waals surface area contributed by atoms with E-state index in [1.165, 1.54) is 11.1 Å². The third kappa shape index (κ3) is 4.56. The van der Waals surface area contributed by atoms with Gasteiger partial charge >= 0.3 is 0 Å². The van der Waals surface area contributed by atoms with Gasteiger partial charge in [0.1, 0.15) is 11.0 Å². The zero-order valence-electron chi connectivity index (χ0n) is 27.5. The Labute approximate surface area is 293 Å². The zero-order valence-corrected chi connectivity index (χ0v) is 27.5. The second kappa shape index (κ2) is 11.1. The van der Waals surface area contributed by atoms with Gasteiger partial charge in [0.05, 0.1) is 24.8 Å². The molecule has 0 bridgehead atoms. The molecular formula is C44H25N5O2. The fraction of sp³-hybridized carbons (Fsp3) is 0.0682. The van der Waals surface area contributed by atoms with Crippen molar-refractivity contribution in [2.75, 3.05) is 0 Å². The highest BCUT2D eigenvalue weighted by Crippen LogP contribution is 2.52. The van der Waals surface area contributed by atoms with Gasteiger partial charge < -0.3 is 8.83 Å². The van der Waals surface area contributed by atoms with Gasteiger partial charge in [-0.15, -0.1) is 0 Å². The number of fused-ring (bicyclic) bond motifs is 5. The van der Waals surface area contributed by atoms with Gasteiger partial charge in [0.15, 0.2) is 16.9 Å². The summed E-state index contributed by atoms with van der Waals surface area (Å²) >= 11 is 0. The molecule has 7 heteroatoms. The first kappa shape index (κ1) is 29.8. The Bertz CT molecular complexity index is 2730. The summed E-state index contributed by atoms with van der Waals surface area (Å²) < 4.78 is 12.4. The lowest BCUT2D eigenvalue weighted by Gasteiger charge is -2.22. The summed E-state index contributed by atoms with van der Waals surface area (Å²) in [7, 11) is 0. The fourth-order valence-electron chi connectivity index (χ4n) is 7.36. The molecule has 0 N–H and O–H groups in total. The molecule has 2 heterocycles. The van der Waals surface area contributed by atoms with Crippen LogP contribution in [0.2, 0.25) is 0 Å². The van der Waals surface area contributed by atoms with Gasteiger partial charge in [0, 0.05) is 16.5 Å². The molecule has 6 aromatic carbocycles. The van der Waals surface area contributed by atoms with Crippen molar-refractivity contribution < 1.29 is 8.83 Å². The van der Waals surface area contributed by atoms with Gasteiger partial charge in [0.2, 0.25) is 17.5 Å². The van der Waals surface area contributed by atoms with Crippen LogP contribution in [0.1, 0.15) is 30.5 Å². The Morgan fingerprint density at radius 2 is 1.20 bits per heavy atom. The summed E-state index contributed by atoms with van der Waals surface area (Å²) in [4.78, 5) is 17.2. The lowest BCUT2D eigenvalue weighted by atomic mass is 9.81. The van der Waals surface area contributed by atoms with Crippen LogP contribution in [0.3, 0.4) is 0 Å². The van der Waals surface area contributed by atoms with Crippen molar-refractivity contribution in [2.45, 2.75) is 19.3 Å². The maximum Gasteiger partial charge on any atom is 0.227 e. The summed E-state index contributed by atoms with van der Waals surface area (Å²) in [5.74, 6) is 0.723. The van der Waals surface area contributed by atoms with E-state index in [1.807, 2.05) is 78.9 Å². The van der Waals surface area contributed by atoms with Crippen molar-refractivity contribution >= 4 is 33.6 Å². The Hall–Kier alpha value is -7.27. The monoisotopic (exact) mass is 655 g/mol. The molecule has 51 heavy (non-hydrogen) atoms. The summed E-state index contributed by atoms with van der Waals surface area (Å²) in [5.41, 5.74) is 11.1. The first-order chi connectivity index (χ1) is 24.9. The molecule has 2 aromatic heterocycles. The third-order valence-electron chi connectivity index (χ3n) is 9.82. The standard InChI is InChI=1S/C44H25N5O2/c1-44(2)33-12-6-5-11-29(33)30-18-17-25(22-34(30)44)31-23-37(46-3)41(47-4)40(32(31)24-45)26-19-27(42-48-35-13-7-9-15-38(35)50-42)21-28(20-26)43-49-36-14-8-10-16-39(36)51-43/h5-23H,1-2H3. The molecule has 0 atom stereocenters. The maximum absolute atomic E-state index is 10.9. The van der Waals surface area contributed by atoms with E-state index in [4.69, 9.17) is 31.9 Å². The molecule has 8 aromatic rings. The SMILES string of the molecule is [C-]#[N+]c1cc(-c2ccc3c(c2)C(C)(C)c2ccccc2-3)c(C#N)c(-c2cc(-c3nc4ccccc4o3)cc(-c3nc4ccccc4o3)c2)c1[N+]#[C-]. The van der Waals surface area contributed by atoms with E-state index in [1.54, 1.807) is 6.07 Å². The highest BCUT2D eigenvalue weighted by atomic mass is 16.4. The molecule has 0 spiro atoms. The quantitative estimate of drug-likeness (QED) is 0.176. The minimum absolute atomic E-state index is 0.0948. The van der Waals surface area contributed by atoms with Crippen LogP contribution in [0, 0.1) is 24.5 Å². The van der Waals surface area contributed by atoms with Crippen LogP contribution < -0.4 is 0 Å². The van der Waals surface area contributed by atoms with Crippen LogP contribution in [-0.4, -0.2) is 9.97 Å². The Balaban J connectivity index is 1.31. The Morgan fingerprint density at radius 3 is 1.80 bits per heavy atom. The van der Waals surface area contributed by atoms with Crippen molar-refractivity contribution in [3.63, 3.8) is 0 Å². The second-order valence-corrected chi connectivity index (χ2v) is 13.1. The minimum atomic E-state index is -0.265. The van der Waals surface area contributed by atoms with E-state index >= 15 is 0 Å². The van der Waals surface area contributed by atoms with Crippen LogP contribution in [0.5, 0.6) is 0 Å². The average Bonchev–Trinajstić information content (AvgIpc) is 3.87. The van der Waals surface area contributed by atoms with Gasteiger partial charge in [-0.2, -0.15) is 5.26 Å². The largest absolute Gasteiger partial charge is 0.436 e. The minimum Gasteiger partial charge on any atom is -0.436 e. The predicted molar refractivity (Wildman–Crippen MR) is 198 cm³/mol. The van der Waals surface area contributed by atoms with Gasteiger partial charge in [-0.3, -0.25) is 4.85 Å². The van der Waals surface area contributed by atoms with E-state index in [-0.39, 0.29) is 16.8 Å². The van der Waals surface area contributed by atoms with Crippen LogP contribution in [-0.2, 0) is 5.41 Å². The molecule has 9 rings (SSSR count). The highest BCUT2D eigenvalue weighted by molar-refractivity contribution is 6.00. The molecule has 0 amide bonds. The lowest BCUT2D eigenvalue weighted by Crippen LogP contribution is -2.14. The number of nitriles is 1. The third-order valence-corrected chi connectivity index (χ3v) is 9.82. The van der Waals surface area contributed by atoms with Gasteiger partial charge in [-0.05, 0) is 93.0 Å². The van der Waals surface area contributed by atoms with Crippen molar-refractivity contribution in [1.82, 2.24) is 9.97 Å². The molecular weight excluding hydrogens is 631 g/mol. The van der Waals surface area contributed by atoms with Crippen LogP contribution in [0.25, 0.3) is 88.2 Å². The Kier molecular flexibility index (Phi) is 6.52. The average molecular weight is 656 g/mol. The number of rotatable bonds is 4. The van der Waals surface area contributed by atoms with Crippen molar-refractivity contribution in [3.05, 3.63) is 155 Å². The number of para-hydroxylation sites is 4. The number of nitrogens with zero attached hydrogens (tertiary/aromatic N) is 5. The zero-order chi connectivity index (χ0) is 34.9. The topological polar surface area (TPSA) is 84.6 Å². The molecule has 0 fully saturated rings. The highest BCUT2D eigenvalue weighted by Gasteiger charge is 2.35. The number of oxazole rings is 2. The first-order valence-corrected chi connectivity index (χ1v) is 16.4. The molecule has 7 nitrogen and oxygen atoms in total. The summed E-state index contributed by atoms with van der Waals surface area (Å²) in [5, 5.41) is 10.9. The smallest absolute Gasteiger partial charge is 0.227 e. The molecule has 1 aliphatic carbocycles. The van der Waals surface area contributed by atoms with Crippen molar-refractivity contribution in [1.29, 1.82) is 5.26 Å². The van der Waals surface area contributed by atoms with Gasteiger partial charge in [-0.25, -0.2) is 14.8 Å². The van der Waals surface area contributed by atoms with Gasteiger partial charge in [-0.1, -0.05) is 80.6 Å². The summed E-state index contributed by atoms with van der Waals surface area (Å²) in [6.07, 6.45) is 0. The van der Waals surface area contributed by atoms with E-state index in [0.29, 0.717) is 67.4 Å². The van der Waals surface area contributed by atoms with E-state index in [0.717, 1.165) is 16.7 Å². The number of hydrogen-bond donors (Lipinski definition) is 0. The van der Waals surface area contributed by atoms with Crippen molar-refractivity contribution in [2.24, 2.45) is 0 Å². The van der Waals surface area contributed by atoms with Crippen LogP contribution in [0.4, 0.5) is 11.4 Å². The number of aromatic nitrogens is 2. The molecule has 0 radical (unpaired) electrons. The first-order valence-electron chi connectivity index (χ1n) is 16.4. The van der Waals surface area contributed by atoms with Crippen molar-refractivity contribution in [3.8, 4) is 62.4 Å². The van der Waals surface area contributed by atoms with Gasteiger partial charge in [0.25, 0.3) is 0 Å². The van der Waals surface area contributed by atoms with E-state index in [9.17, 15) is 5.26 Å². The molecule has 0 unspecified atom stereocenters. The Morgan fingerprint density at radius 1 is 0.608 bits per heavy atom.